The van der Waals surface area contributed by atoms with E-state index < -0.39 is 0 Å². The van der Waals surface area contributed by atoms with Crippen molar-refractivity contribution in [3.05, 3.63) is 47.2 Å². The third kappa shape index (κ3) is 1.78. The van der Waals surface area contributed by atoms with Crippen molar-refractivity contribution in [1.29, 1.82) is 0 Å². The minimum atomic E-state index is 0.528. The molecule has 2 rings (SSSR count). The summed E-state index contributed by atoms with van der Waals surface area (Å²) in [6.45, 7) is 12.8. The van der Waals surface area contributed by atoms with Gasteiger partial charge in [0.2, 0.25) is 0 Å². The Balaban J connectivity index is 2.62. The van der Waals surface area contributed by atoms with Gasteiger partial charge in [0.15, 0.2) is 0 Å². The Labute approximate surface area is 97.9 Å². The zero-order valence-electron chi connectivity index (χ0n) is 10.5. The lowest BCUT2D eigenvalue weighted by Gasteiger charge is -2.24. The van der Waals surface area contributed by atoms with Gasteiger partial charge in [0, 0.05) is 16.9 Å². The SMILES string of the molecule is C=C1C=C(C(C)C)c2cc(C)c(C)cc2N1. The molecule has 1 aliphatic rings. The third-order valence-corrected chi connectivity index (χ3v) is 3.19. The molecule has 1 N–H and O–H groups in total. The molecule has 0 aliphatic carbocycles. The van der Waals surface area contributed by atoms with Crippen LogP contribution >= 0.6 is 0 Å². The lowest BCUT2D eigenvalue weighted by Crippen LogP contribution is -2.09. The number of fused-ring (bicyclic) bond motifs is 1. The minimum Gasteiger partial charge on any atom is -0.355 e. The number of hydrogen-bond donors (Lipinski definition) is 1. The molecule has 0 saturated heterocycles. The van der Waals surface area contributed by atoms with E-state index in [1.165, 1.54) is 28.0 Å². The second kappa shape index (κ2) is 3.82. The van der Waals surface area contributed by atoms with Crippen LogP contribution in [0.2, 0.25) is 0 Å². The maximum Gasteiger partial charge on any atom is 0.0463 e. The molecule has 1 heteroatoms. The van der Waals surface area contributed by atoms with Gasteiger partial charge >= 0.3 is 0 Å². The average molecular weight is 213 g/mol. The smallest absolute Gasteiger partial charge is 0.0463 e. The van der Waals surface area contributed by atoms with E-state index in [4.69, 9.17) is 0 Å². The van der Waals surface area contributed by atoms with Crippen molar-refractivity contribution in [3.8, 4) is 0 Å². The predicted octanol–water partition coefficient (Wildman–Crippen LogP) is 4.28. The first kappa shape index (κ1) is 11.0. The summed E-state index contributed by atoms with van der Waals surface area (Å²) in [6, 6.07) is 4.49. The molecular formula is C15H19N. The molecule has 1 aromatic carbocycles. The molecule has 0 unspecified atom stereocenters. The van der Waals surface area contributed by atoms with Crippen LogP contribution in [0.25, 0.3) is 5.57 Å². The predicted molar refractivity (Wildman–Crippen MR) is 71.5 cm³/mol. The van der Waals surface area contributed by atoms with E-state index in [1.54, 1.807) is 0 Å². The van der Waals surface area contributed by atoms with Gasteiger partial charge in [-0.05, 0) is 54.7 Å². The van der Waals surface area contributed by atoms with Crippen LogP contribution in [-0.4, -0.2) is 0 Å². The summed E-state index contributed by atoms with van der Waals surface area (Å²) in [5.74, 6) is 0.528. The van der Waals surface area contributed by atoms with Gasteiger partial charge in [-0.1, -0.05) is 20.4 Å². The number of allylic oxidation sites excluding steroid dienone is 2. The Bertz CT molecular complexity index is 478. The highest BCUT2D eigenvalue weighted by atomic mass is 14.9. The summed E-state index contributed by atoms with van der Waals surface area (Å²) in [5.41, 5.74) is 7.55. The summed E-state index contributed by atoms with van der Waals surface area (Å²) in [5, 5.41) is 3.34. The van der Waals surface area contributed by atoms with Crippen LogP contribution in [0.1, 0.15) is 30.5 Å². The van der Waals surface area contributed by atoms with Crippen LogP contribution in [0, 0.1) is 19.8 Å². The summed E-state index contributed by atoms with van der Waals surface area (Å²) >= 11 is 0. The summed E-state index contributed by atoms with van der Waals surface area (Å²) in [4.78, 5) is 0. The maximum absolute atomic E-state index is 4.01. The van der Waals surface area contributed by atoms with Crippen LogP contribution in [0.5, 0.6) is 0 Å². The first-order chi connectivity index (χ1) is 7.49. The molecule has 0 atom stereocenters. The van der Waals surface area contributed by atoms with E-state index >= 15 is 0 Å². The number of aryl methyl sites for hydroxylation is 2. The molecule has 0 radical (unpaired) electrons. The van der Waals surface area contributed by atoms with Gasteiger partial charge < -0.3 is 5.32 Å². The van der Waals surface area contributed by atoms with Crippen molar-refractivity contribution in [1.82, 2.24) is 0 Å². The fraction of sp³-hybridized carbons (Fsp3) is 0.333. The Kier molecular flexibility index (Phi) is 2.63. The molecule has 1 aliphatic heterocycles. The van der Waals surface area contributed by atoms with Gasteiger partial charge in [0.05, 0.1) is 0 Å². The van der Waals surface area contributed by atoms with Gasteiger partial charge in [-0.2, -0.15) is 0 Å². The molecule has 0 fully saturated rings. The first-order valence-electron chi connectivity index (χ1n) is 5.78. The van der Waals surface area contributed by atoms with Crippen LogP contribution < -0.4 is 5.32 Å². The zero-order valence-corrected chi connectivity index (χ0v) is 10.5. The van der Waals surface area contributed by atoms with E-state index in [2.05, 4.69) is 57.8 Å². The highest BCUT2D eigenvalue weighted by molar-refractivity contribution is 5.84. The Morgan fingerprint density at radius 2 is 1.75 bits per heavy atom. The Hall–Kier alpha value is -1.50. The van der Waals surface area contributed by atoms with E-state index in [0.717, 1.165) is 5.70 Å². The van der Waals surface area contributed by atoms with Crippen LogP contribution in [0.4, 0.5) is 5.69 Å². The number of rotatable bonds is 1. The minimum absolute atomic E-state index is 0.528. The third-order valence-electron chi connectivity index (χ3n) is 3.19. The molecule has 0 bridgehead atoms. The van der Waals surface area contributed by atoms with Crippen molar-refractivity contribution in [2.75, 3.05) is 5.32 Å². The maximum atomic E-state index is 4.01. The highest BCUT2D eigenvalue weighted by Crippen LogP contribution is 2.36. The fourth-order valence-electron chi connectivity index (χ4n) is 2.11. The molecule has 84 valence electrons. The quantitative estimate of drug-likeness (QED) is 0.734. The van der Waals surface area contributed by atoms with Gasteiger partial charge in [0.1, 0.15) is 0 Å². The van der Waals surface area contributed by atoms with Crippen molar-refractivity contribution in [3.63, 3.8) is 0 Å². The number of benzene rings is 1. The monoisotopic (exact) mass is 213 g/mol. The van der Waals surface area contributed by atoms with E-state index in [-0.39, 0.29) is 0 Å². The topological polar surface area (TPSA) is 12.0 Å². The van der Waals surface area contributed by atoms with Gasteiger partial charge in [-0.25, -0.2) is 0 Å². The number of anilines is 1. The van der Waals surface area contributed by atoms with Crippen LogP contribution in [0.3, 0.4) is 0 Å². The molecule has 0 aromatic heterocycles. The van der Waals surface area contributed by atoms with Crippen LogP contribution in [-0.2, 0) is 0 Å². The average Bonchev–Trinajstić information content (AvgIpc) is 2.19. The van der Waals surface area contributed by atoms with E-state index in [1.807, 2.05) is 0 Å². The van der Waals surface area contributed by atoms with Gasteiger partial charge in [0.25, 0.3) is 0 Å². The van der Waals surface area contributed by atoms with E-state index in [9.17, 15) is 0 Å². The van der Waals surface area contributed by atoms with Crippen LogP contribution in [0.15, 0.2) is 30.5 Å². The molecule has 1 heterocycles. The van der Waals surface area contributed by atoms with Crippen molar-refractivity contribution >= 4 is 11.3 Å². The summed E-state index contributed by atoms with van der Waals surface area (Å²) < 4.78 is 0. The lowest BCUT2D eigenvalue weighted by molar-refractivity contribution is 0.852. The molecule has 0 saturated carbocycles. The van der Waals surface area contributed by atoms with E-state index in [0.29, 0.717) is 5.92 Å². The molecule has 1 aromatic rings. The normalized spacial score (nSPS) is 14.6. The molecule has 0 amide bonds. The molecular weight excluding hydrogens is 194 g/mol. The largest absolute Gasteiger partial charge is 0.355 e. The van der Waals surface area contributed by atoms with Gasteiger partial charge in [-0.3, -0.25) is 0 Å². The fourth-order valence-corrected chi connectivity index (χ4v) is 2.11. The van der Waals surface area contributed by atoms with Crippen molar-refractivity contribution in [2.24, 2.45) is 5.92 Å². The second-order valence-corrected chi connectivity index (χ2v) is 4.89. The Morgan fingerprint density at radius 1 is 1.12 bits per heavy atom. The molecule has 0 spiro atoms. The molecule has 16 heavy (non-hydrogen) atoms. The summed E-state index contributed by atoms with van der Waals surface area (Å²) in [6.07, 6.45) is 2.15. The highest BCUT2D eigenvalue weighted by Gasteiger charge is 2.17. The lowest BCUT2D eigenvalue weighted by atomic mass is 9.88. The number of hydrogen-bond acceptors (Lipinski definition) is 1. The number of nitrogens with one attached hydrogen (secondary N) is 1. The standard InChI is InChI=1S/C15H19N/c1-9(2)13-8-12(5)16-15-7-11(4)10(3)6-14(13)15/h6-9,16H,5H2,1-4H3. The van der Waals surface area contributed by atoms with Gasteiger partial charge in [-0.15, -0.1) is 0 Å². The zero-order chi connectivity index (χ0) is 11.9. The van der Waals surface area contributed by atoms with Crippen molar-refractivity contribution < 1.29 is 0 Å². The summed E-state index contributed by atoms with van der Waals surface area (Å²) in [7, 11) is 0. The molecule has 1 nitrogen and oxygen atoms in total. The second-order valence-electron chi connectivity index (χ2n) is 4.89. The Morgan fingerprint density at radius 3 is 2.38 bits per heavy atom. The first-order valence-corrected chi connectivity index (χ1v) is 5.78. The van der Waals surface area contributed by atoms with Crippen molar-refractivity contribution in [2.45, 2.75) is 27.7 Å².